The highest BCUT2D eigenvalue weighted by Gasteiger charge is 2.41. The van der Waals surface area contributed by atoms with E-state index >= 15 is 0 Å². The Morgan fingerprint density at radius 3 is 2.41 bits per heavy atom. The molecule has 0 aromatic heterocycles. The highest BCUT2D eigenvalue weighted by molar-refractivity contribution is 6.44. The van der Waals surface area contributed by atoms with Crippen LogP contribution < -0.4 is 5.32 Å². The Bertz CT molecular complexity index is 418. The number of benzene rings is 1. The first-order valence-corrected chi connectivity index (χ1v) is 6.65. The zero-order valence-corrected chi connectivity index (χ0v) is 11.5. The normalized spacial score (nSPS) is 17.2. The number of rotatable bonds is 5. The molecule has 1 fully saturated rings. The van der Waals surface area contributed by atoms with Crippen molar-refractivity contribution < 1.29 is 5.11 Å². The standard InChI is InChI=1S/C12H14Cl3NO/c13-9-1-2-10(14)11(15)8(9)5-16-6-12(7-17)3-4-12/h1-2,16-17H,3-7H2. The van der Waals surface area contributed by atoms with Gasteiger partial charge < -0.3 is 10.4 Å². The van der Waals surface area contributed by atoms with Crippen molar-refractivity contribution in [3.8, 4) is 0 Å². The number of hydrogen-bond acceptors (Lipinski definition) is 2. The summed E-state index contributed by atoms with van der Waals surface area (Å²) in [5.74, 6) is 0. The van der Waals surface area contributed by atoms with Gasteiger partial charge in [-0.1, -0.05) is 34.8 Å². The molecule has 2 rings (SSSR count). The minimum atomic E-state index is 0.0809. The third-order valence-corrected chi connectivity index (χ3v) is 4.43. The van der Waals surface area contributed by atoms with E-state index in [4.69, 9.17) is 34.8 Å². The monoisotopic (exact) mass is 293 g/mol. The fourth-order valence-corrected chi connectivity index (χ4v) is 2.43. The molecule has 94 valence electrons. The Morgan fingerprint density at radius 2 is 1.82 bits per heavy atom. The number of nitrogens with one attached hydrogen (secondary N) is 1. The topological polar surface area (TPSA) is 32.3 Å². The van der Waals surface area contributed by atoms with Crippen LogP contribution in [0.3, 0.4) is 0 Å². The van der Waals surface area contributed by atoms with Gasteiger partial charge in [0.15, 0.2) is 0 Å². The van der Waals surface area contributed by atoms with E-state index in [2.05, 4.69) is 5.32 Å². The molecule has 2 N–H and O–H groups in total. The summed E-state index contributed by atoms with van der Waals surface area (Å²) < 4.78 is 0. The predicted molar refractivity (Wildman–Crippen MR) is 71.9 cm³/mol. The maximum Gasteiger partial charge on any atom is 0.0652 e. The number of hydrogen-bond donors (Lipinski definition) is 2. The Morgan fingerprint density at radius 1 is 1.18 bits per heavy atom. The van der Waals surface area contributed by atoms with Gasteiger partial charge in [-0.25, -0.2) is 0 Å². The van der Waals surface area contributed by atoms with Crippen LogP contribution in [0.15, 0.2) is 12.1 Å². The van der Waals surface area contributed by atoms with Crippen molar-refractivity contribution in [1.82, 2.24) is 5.32 Å². The Hall–Kier alpha value is 0.01000. The third-order valence-electron chi connectivity index (χ3n) is 3.23. The van der Waals surface area contributed by atoms with Crippen LogP contribution in [0.4, 0.5) is 0 Å². The van der Waals surface area contributed by atoms with Crippen LogP contribution in [-0.4, -0.2) is 18.3 Å². The summed E-state index contributed by atoms with van der Waals surface area (Å²) in [6.45, 7) is 1.58. The van der Waals surface area contributed by atoms with E-state index in [1.54, 1.807) is 12.1 Å². The molecule has 1 aromatic carbocycles. The zero-order chi connectivity index (χ0) is 12.5. The molecule has 0 spiro atoms. The van der Waals surface area contributed by atoms with Gasteiger partial charge in [-0.05, 0) is 25.0 Å². The first-order chi connectivity index (χ1) is 8.08. The van der Waals surface area contributed by atoms with Gasteiger partial charge in [0.05, 0.1) is 10.0 Å². The molecular formula is C12H14Cl3NO. The summed E-state index contributed by atoms with van der Waals surface area (Å²) in [5, 5.41) is 14.1. The second kappa shape index (κ2) is 5.33. The van der Waals surface area contributed by atoms with Crippen LogP contribution in [0.25, 0.3) is 0 Å². The number of halogens is 3. The van der Waals surface area contributed by atoms with Crippen LogP contribution in [0.1, 0.15) is 18.4 Å². The zero-order valence-electron chi connectivity index (χ0n) is 9.27. The molecule has 1 aromatic rings. The Kier molecular flexibility index (Phi) is 4.22. The average Bonchev–Trinajstić information content (AvgIpc) is 3.09. The first-order valence-electron chi connectivity index (χ1n) is 5.52. The van der Waals surface area contributed by atoms with E-state index in [0.29, 0.717) is 21.6 Å². The summed E-state index contributed by atoms with van der Waals surface area (Å²) in [7, 11) is 0. The van der Waals surface area contributed by atoms with Gasteiger partial charge in [-0.15, -0.1) is 0 Å². The van der Waals surface area contributed by atoms with Crippen LogP contribution in [0.2, 0.25) is 15.1 Å². The second-order valence-electron chi connectivity index (χ2n) is 4.58. The average molecular weight is 295 g/mol. The third kappa shape index (κ3) is 3.07. The molecule has 0 amide bonds. The molecule has 5 heteroatoms. The smallest absolute Gasteiger partial charge is 0.0652 e. The van der Waals surface area contributed by atoms with E-state index in [1.807, 2.05) is 0 Å². The second-order valence-corrected chi connectivity index (χ2v) is 5.78. The molecule has 0 atom stereocenters. The van der Waals surface area contributed by atoms with Crippen LogP contribution >= 0.6 is 34.8 Å². The van der Waals surface area contributed by atoms with Gasteiger partial charge in [0.2, 0.25) is 0 Å². The molecule has 0 unspecified atom stereocenters. The summed E-state index contributed by atoms with van der Waals surface area (Å²) in [5.41, 5.74) is 0.895. The van der Waals surface area contributed by atoms with Crippen molar-refractivity contribution in [3.05, 3.63) is 32.8 Å². The van der Waals surface area contributed by atoms with Gasteiger partial charge in [-0.2, -0.15) is 0 Å². The molecule has 1 aliphatic carbocycles. The van der Waals surface area contributed by atoms with E-state index in [0.717, 1.165) is 24.9 Å². The highest BCUT2D eigenvalue weighted by atomic mass is 35.5. The van der Waals surface area contributed by atoms with Gasteiger partial charge in [0, 0.05) is 35.7 Å². The van der Waals surface area contributed by atoms with Crippen molar-refractivity contribution >= 4 is 34.8 Å². The molecule has 0 heterocycles. The Balaban J connectivity index is 1.97. The van der Waals surface area contributed by atoms with Gasteiger partial charge in [0.25, 0.3) is 0 Å². The van der Waals surface area contributed by atoms with E-state index in [-0.39, 0.29) is 12.0 Å². The van der Waals surface area contributed by atoms with E-state index < -0.39 is 0 Å². The SMILES string of the molecule is OCC1(CNCc2c(Cl)ccc(Cl)c2Cl)CC1. The molecule has 0 radical (unpaired) electrons. The lowest BCUT2D eigenvalue weighted by atomic mass is 10.1. The lowest BCUT2D eigenvalue weighted by molar-refractivity contribution is 0.207. The molecule has 0 bridgehead atoms. The maximum absolute atomic E-state index is 9.19. The van der Waals surface area contributed by atoms with Gasteiger partial charge in [0.1, 0.15) is 0 Å². The largest absolute Gasteiger partial charge is 0.396 e. The first kappa shape index (κ1) is 13.4. The Labute approximate surface area is 116 Å². The van der Waals surface area contributed by atoms with Crippen molar-refractivity contribution in [1.29, 1.82) is 0 Å². The quantitative estimate of drug-likeness (QED) is 0.815. The molecule has 1 aliphatic rings. The fourth-order valence-electron chi connectivity index (χ4n) is 1.75. The summed E-state index contributed by atoms with van der Waals surface area (Å²) in [6.07, 6.45) is 2.15. The number of aliphatic hydroxyl groups excluding tert-OH is 1. The maximum atomic E-state index is 9.19. The molecule has 1 saturated carbocycles. The van der Waals surface area contributed by atoms with Gasteiger partial charge >= 0.3 is 0 Å². The van der Waals surface area contributed by atoms with Crippen LogP contribution in [0, 0.1) is 5.41 Å². The molecule has 0 aliphatic heterocycles. The molecule has 2 nitrogen and oxygen atoms in total. The highest BCUT2D eigenvalue weighted by Crippen LogP contribution is 2.44. The van der Waals surface area contributed by atoms with Crippen molar-refractivity contribution in [2.75, 3.05) is 13.2 Å². The van der Waals surface area contributed by atoms with Crippen molar-refractivity contribution in [3.63, 3.8) is 0 Å². The van der Waals surface area contributed by atoms with Crippen LogP contribution in [0.5, 0.6) is 0 Å². The van der Waals surface area contributed by atoms with E-state index in [1.165, 1.54) is 0 Å². The minimum Gasteiger partial charge on any atom is -0.396 e. The summed E-state index contributed by atoms with van der Waals surface area (Å²) >= 11 is 18.1. The molecular weight excluding hydrogens is 280 g/mol. The van der Waals surface area contributed by atoms with Crippen molar-refractivity contribution in [2.24, 2.45) is 5.41 Å². The lowest BCUT2D eigenvalue weighted by Gasteiger charge is -2.14. The van der Waals surface area contributed by atoms with Crippen molar-refractivity contribution in [2.45, 2.75) is 19.4 Å². The lowest BCUT2D eigenvalue weighted by Crippen LogP contribution is -2.26. The summed E-state index contributed by atoms with van der Waals surface area (Å²) in [6, 6.07) is 3.43. The van der Waals surface area contributed by atoms with E-state index in [9.17, 15) is 5.11 Å². The predicted octanol–water partition coefficient (Wildman–Crippen LogP) is 3.51. The minimum absolute atomic E-state index is 0.0809. The fraction of sp³-hybridized carbons (Fsp3) is 0.500. The molecule has 0 saturated heterocycles. The molecule has 17 heavy (non-hydrogen) atoms. The summed E-state index contributed by atoms with van der Waals surface area (Å²) in [4.78, 5) is 0. The number of aliphatic hydroxyl groups is 1. The van der Waals surface area contributed by atoms with Gasteiger partial charge in [-0.3, -0.25) is 0 Å². The van der Waals surface area contributed by atoms with Crippen LogP contribution in [-0.2, 0) is 6.54 Å².